The molecule has 98 valence electrons. The third kappa shape index (κ3) is 2.72. The molecule has 0 spiro atoms. The largest absolute Gasteiger partial charge is 0.312 e. The van der Waals surface area contributed by atoms with Crippen molar-refractivity contribution in [3.05, 3.63) is 37.8 Å². The Labute approximate surface area is 121 Å². The van der Waals surface area contributed by atoms with E-state index in [-0.39, 0.29) is 6.04 Å². The van der Waals surface area contributed by atoms with Crippen molar-refractivity contribution in [2.75, 3.05) is 7.05 Å². The summed E-state index contributed by atoms with van der Waals surface area (Å²) in [6.45, 7) is 1.98. The Bertz CT molecular complexity index is 548. The molecule has 0 aromatic carbocycles. The lowest BCUT2D eigenvalue weighted by atomic mass is 10.1. The Balaban J connectivity index is 2.25. The van der Waals surface area contributed by atoms with E-state index in [0.717, 1.165) is 22.0 Å². The molecule has 6 heteroatoms. The SMILES string of the molecule is CNC(Cc1c(C)nn(C)c1Cl)c1ccc(Cl)s1. The summed E-state index contributed by atoms with van der Waals surface area (Å²) in [5.74, 6) is 0. The number of likely N-dealkylation sites (N-methyl/N-ethyl adjacent to an activating group) is 1. The Morgan fingerprint density at radius 1 is 1.44 bits per heavy atom. The zero-order valence-electron chi connectivity index (χ0n) is 10.5. The van der Waals surface area contributed by atoms with E-state index in [0.29, 0.717) is 5.15 Å². The molecule has 2 heterocycles. The maximum absolute atomic E-state index is 6.26. The zero-order chi connectivity index (χ0) is 13.3. The lowest BCUT2D eigenvalue weighted by Crippen LogP contribution is -2.18. The predicted octanol–water partition coefficient (Wildman–Crippen LogP) is 3.60. The van der Waals surface area contributed by atoms with E-state index < -0.39 is 0 Å². The molecule has 0 aliphatic carbocycles. The molecule has 0 aliphatic rings. The van der Waals surface area contributed by atoms with Crippen LogP contribution in [-0.4, -0.2) is 16.8 Å². The number of nitrogens with zero attached hydrogens (tertiary/aromatic N) is 2. The van der Waals surface area contributed by atoms with Gasteiger partial charge in [0.25, 0.3) is 0 Å². The normalized spacial score (nSPS) is 12.9. The Hall–Kier alpha value is -0.550. The molecular weight excluding hydrogens is 289 g/mol. The summed E-state index contributed by atoms with van der Waals surface area (Å²) in [7, 11) is 3.80. The van der Waals surface area contributed by atoms with Crippen molar-refractivity contribution >= 4 is 34.5 Å². The number of halogens is 2. The molecule has 0 bridgehead atoms. The van der Waals surface area contributed by atoms with Gasteiger partial charge in [-0.15, -0.1) is 11.3 Å². The van der Waals surface area contributed by atoms with E-state index in [4.69, 9.17) is 23.2 Å². The maximum Gasteiger partial charge on any atom is 0.130 e. The second-order valence-electron chi connectivity index (χ2n) is 4.17. The van der Waals surface area contributed by atoms with Gasteiger partial charge in [-0.3, -0.25) is 4.68 Å². The molecule has 2 aromatic heterocycles. The van der Waals surface area contributed by atoms with Gasteiger partial charge in [0.05, 0.1) is 10.0 Å². The second kappa shape index (κ2) is 5.61. The summed E-state index contributed by atoms with van der Waals surface area (Å²) in [6, 6.07) is 4.18. The van der Waals surface area contributed by atoms with E-state index in [9.17, 15) is 0 Å². The van der Waals surface area contributed by atoms with Gasteiger partial charge >= 0.3 is 0 Å². The fraction of sp³-hybridized carbons (Fsp3) is 0.417. The molecule has 1 atom stereocenters. The molecule has 0 amide bonds. The predicted molar refractivity (Wildman–Crippen MR) is 77.8 cm³/mol. The standard InChI is InChI=1S/C12H15Cl2N3S/c1-7-8(12(14)17(3)16-7)6-9(15-2)10-4-5-11(13)18-10/h4-5,9,15H,6H2,1-3H3. The van der Waals surface area contributed by atoms with Crippen LogP contribution in [0.25, 0.3) is 0 Å². The van der Waals surface area contributed by atoms with Gasteiger partial charge in [0.15, 0.2) is 0 Å². The lowest BCUT2D eigenvalue weighted by molar-refractivity contribution is 0.600. The van der Waals surface area contributed by atoms with Crippen LogP contribution in [0.1, 0.15) is 22.2 Å². The molecule has 2 rings (SSSR count). The first kappa shape index (κ1) is 13.9. The zero-order valence-corrected chi connectivity index (χ0v) is 12.8. The van der Waals surface area contributed by atoms with Crippen LogP contribution in [0, 0.1) is 6.92 Å². The number of aromatic nitrogens is 2. The van der Waals surface area contributed by atoms with Gasteiger partial charge in [-0.1, -0.05) is 23.2 Å². The van der Waals surface area contributed by atoms with Gasteiger partial charge in [-0.25, -0.2) is 0 Å². The van der Waals surface area contributed by atoms with Crippen molar-refractivity contribution in [1.29, 1.82) is 0 Å². The molecule has 0 aliphatic heterocycles. The van der Waals surface area contributed by atoms with Crippen molar-refractivity contribution in [3.63, 3.8) is 0 Å². The summed E-state index contributed by atoms with van der Waals surface area (Å²) < 4.78 is 2.51. The van der Waals surface area contributed by atoms with Crippen LogP contribution in [-0.2, 0) is 13.5 Å². The third-order valence-electron chi connectivity index (χ3n) is 2.96. The summed E-state index contributed by atoms with van der Waals surface area (Å²) in [4.78, 5) is 1.21. The van der Waals surface area contributed by atoms with Crippen LogP contribution in [0.15, 0.2) is 12.1 Å². The van der Waals surface area contributed by atoms with Gasteiger partial charge in [-0.05, 0) is 32.5 Å². The molecule has 0 saturated heterocycles. The van der Waals surface area contributed by atoms with Crippen LogP contribution in [0.2, 0.25) is 9.49 Å². The Morgan fingerprint density at radius 3 is 2.61 bits per heavy atom. The van der Waals surface area contributed by atoms with Gasteiger partial charge in [0.2, 0.25) is 0 Å². The van der Waals surface area contributed by atoms with Crippen LogP contribution in [0.3, 0.4) is 0 Å². The summed E-state index contributed by atoms with van der Waals surface area (Å²) >= 11 is 13.8. The average Bonchev–Trinajstić information content (AvgIpc) is 2.84. The monoisotopic (exact) mass is 303 g/mol. The highest BCUT2D eigenvalue weighted by Crippen LogP contribution is 2.31. The van der Waals surface area contributed by atoms with Crippen LogP contribution >= 0.6 is 34.5 Å². The molecule has 0 fully saturated rings. The molecule has 0 radical (unpaired) electrons. The number of hydrogen-bond acceptors (Lipinski definition) is 3. The minimum absolute atomic E-state index is 0.211. The molecule has 1 N–H and O–H groups in total. The van der Waals surface area contributed by atoms with E-state index in [2.05, 4.69) is 10.4 Å². The van der Waals surface area contributed by atoms with Crippen molar-refractivity contribution < 1.29 is 0 Å². The van der Waals surface area contributed by atoms with Crippen LogP contribution < -0.4 is 5.32 Å². The summed E-state index contributed by atoms with van der Waals surface area (Å²) in [5, 5.41) is 8.34. The van der Waals surface area contributed by atoms with E-state index in [1.807, 2.05) is 33.2 Å². The Morgan fingerprint density at radius 2 is 2.17 bits per heavy atom. The summed E-state index contributed by atoms with van der Waals surface area (Å²) in [5.41, 5.74) is 2.06. The van der Waals surface area contributed by atoms with Crippen LogP contribution in [0.5, 0.6) is 0 Å². The molecule has 2 aromatic rings. The number of hydrogen-bond donors (Lipinski definition) is 1. The topological polar surface area (TPSA) is 29.9 Å². The minimum Gasteiger partial charge on any atom is -0.312 e. The first-order valence-electron chi connectivity index (χ1n) is 5.63. The number of nitrogens with one attached hydrogen (secondary N) is 1. The average molecular weight is 304 g/mol. The highest BCUT2D eigenvalue weighted by atomic mass is 35.5. The van der Waals surface area contributed by atoms with Crippen molar-refractivity contribution in [3.8, 4) is 0 Å². The number of aryl methyl sites for hydroxylation is 2. The van der Waals surface area contributed by atoms with Gasteiger partial charge < -0.3 is 5.32 Å². The van der Waals surface area contributed by atoms with Crippen molar-refractivity contribution in [1.82, 2.24) is 15.1 Å². The molecule has 0 saturated carbocycles. The Kier molecular flexibility index (Phi) is 4.33. The number of rotatable bonds is 4. The fourth-order valence-corrected chi connectivity index (χ4v) is 3.39. The first-order valence-corrected chi connectivity index (χ1v) is 7.20. The van der Waals surface area contributed by atoms with E-state index in [1.165, 1.54) is 4.88 Å². The lowest BCUT2D eigenvalue weighted by Gasteiger charge is -2.14. The first-order chi connectivity index (χ1) is 8.52. The fourth-order valence-electron chi connectivity index (χ4n) is 1.97. The molecule has 1 unspecified atom stereocenters. The smallest absolute Gasteiger partial charge is 0.130 e. The van der Waals surface area contributed by atoms with Gasteiger partial charge in [0, 0.05) is 23.5 Å². The highest BCUT2D eigenvalue weighted by molar-refractivity contribution is 7.16. The van der Waals surface area contributed by atoms with E-state index in [1.54, 1.807) is 16.0 Å². The molecular formula is C12H15Cl2N3S. The number of thiophene rings is 1. The van der Waals surface area contributed by atoms with Gasteiger partial charge in [-0.2, -0.15) is 5.10 Å². The molecule has 18 heavy (non-hydrogen) atoms. The second-order valence-corrected chi connectivity index (χ2v) is 6.27. The minimum atomic E-state index is 0.211. The maximum atomic E-state index is 6.26. The quantitative estimate of drug-likeness (QED) is 0.935. The van der Waals surface area contributed by atoms with E-state index >= 15 is 0 Å². The van der Waals surface area contributed by atoms with Crippen LogP contribution in [0.4, 0.5) is 0 Å². The van der Waals surface area contributed by atoms with Gasteiger partial charge in [0.1, 0.15) is 5.15 Å². The molecule has 3 nitrogen and oxygen atoms in total. The third-order valence-corrected chi connectivity index (χ3v) is 4.78. The highest BCUT2D eigenvalue weighted by Gasteiger charge is 2.18. The summed E-state index contributed by atoms with van der Waals surface area (Å²) in [6.07, 6.45) is 0.811. The van der Waals surface area contributed by atoms with Crippen molar-refractivity contribution in [2.24, 2.45) is 7.05 Å². The van der Waals surface area contributed by atoms with Crippen molar-refractivity contribution in [2.45, 2.75) is 19.4 Å².